The molecule has 51 valence electrons. The quantitative estimate of drug-likeness (QED) is 0.352. The first-order valence-corrected chi connectivity index (χ1v) is 2.56. The summed E-state index contributed by atoms with van der Waals surface area (Å²) in [4.78, 5) is 9.05. The molecule has 0 aliphatic rings. The van der Waals surface area contributed by atoms with Crippen LogP contribution < -0.4 is 0 Å². The monoisotopic (exact) mass is 138 g/mol. The average molecular weight is 138 g/mol. The Morgan fingerprint density at radius 3 is 3.10 bits per heavy atom. The summed E-state index contributed by atoms with van der Waals surface area (Å²) in [6, 6.07) is 3.25. The summed E-state index contributed by atoms with van der Waals surface area (Å²) in [6.45, 7) is 0. The Balaban J connectivity index is 2.64. The first-order valence-electron chi connectivity index (χ1n) is 2.56. The van der Waals surface area contributed by atoms with E-state index in [4.69, 9.17) is 4.42 Å². The van der Waals surface area contributed by atoms with Gasteiger partial charge in [0, 0.05) is 0 Å². The largest absolute Gasteiger partial charge is 0.465 e. The molecule has 1 aromatic rings. The lowest BCUT2D eigenvalue weighted by Crippen LogP contribution is -1.82. The van der Waals surface area contributed by atoms with Crippen LogP contribution in [0, 0.1) is 16.3 Å². The second-order valence-corrected chi connectivity index (χ2v) is 1.55. The van der Waals surface area contributed by atoms with E-state index in [0.29, 0.717) is 5.76 Å². The zero-order valence-electron chi connectivity index (χ0n) is 4.98. The average Bonchev–Trinajstić information content (AvgIpc) is 2.34. The normalized spacial score (nSPS) is 10.4. The Bertz CT molecular complexity index is 238. The minimum absolute atomic E-state index is 0.428. The van der Waals surface area contributed by atoms with Gasteiger partial charge in [-0.2, -0.15) is 0 Å². The molecule has 0 fully saturated rings. The maximum atomic E-state index is 9.72. The van der Waals surface area contributed by atoms with Crippen molar-refractivity contribution in [1.82, 2.24) is 0 Å². The maximum Gasteiger partial charge on any atom is 0.349 e. The topological polar surface area (TPSA) is 56.3 Å². The summed E-state index contributed by atoms with van der Waals surface area (Å²) in [7, 11) is 0. The maximum absolute atomic E-state index is 9.72. The van der Waals surface area contributed by atoms with Crippen molar-refractivity contribution < 1.29 is 9.34 Å². The van der Waals surface area contributed by atoms with Gasteiger partial charge in [0.25, 0.3) is 0 Å². The molecule has 0 saturated carbocycles. The Labute approximate surface area is 56.9 Å². The number of rotatable bonds is 2. The van der Waals surface area contributed by atoms with Gasteiger partial charge in [0.2, 0.25) is 0 Å². The van der Waals surface area contributed by atoms with Crippen molar-refractivity contribution in [3.63, 3.8) is 0 Å². The van der Waals surface area contributed by atoms with Gasteiger partial charge >= 0.3 is 6.20 Å². The summed E-state index contributed by atoms with van der Waals surface area (Å²) in [5, 5.41) is 9.72. The molecule has 0 unspecified atom stereocenters. The molecule has 0 saturated heterocycles. The highest BCUT2D eigenvalue weighted by atomic mass is 16.6. The van der Waals surface area contributed by atoms with Gasteiger partial charge in [0.05, 0.1) is 17.3 Å². The van der Waals surface area contributed by atoms with E-state index < -0.39 is 4.92 Å². The molecule has 4 nitrogen and oxygen atoms in total. The molecule has 10 heavy (non-hydrogen) atoms. The van der Waals surface area contributed by atoms with Gasteiger partial charge in [-0.15, -0.1) is 0 Å². The predicted octanol–water partition coefficient (Wildman–Crippen LogP) is 1.33. The van der Waals surface area contributed by atoms with Gasteiger partial charge in [-0.3, -0.25) is 10.1 Å². The summed E-state index contributed by atoms with van der Waals surface area (Å²) in [5.74, 6) is 0.428. The van der Waals surface area contributed by atoms with Crippen LogP contribution in [0.2, 0.25) is 0 Å². The number of furan rings is 1. The van der Waals surface area contributed by atoms with E-state index in [1.54, 1.807) is 12.1 Å². The molecule has 1 aromatic heterocycles. The molecule has 0 aliphatic heterocycles. The Hall–Kier alpha value is -1.58. The van der Waals surface area contributed by atoms with E-state index in [9.17, 15) is 10.1 Å². The second kappa shape index (κ2) is 2.82. The molecule has 0 aromatic carbocycles. The fourth-order valence-corrected chi connectivity index (χ4v) is 0.490. The third kappa shape index (κ3) is 1.74. The molecule has 4 heteroatoms. The van der Waals surface area contributed by atoms with Crippen LogP contribution >= 0.6 is 0 Å². The summed E-state index contributed by atoms with van der Waals surface area (Å²) >= 11 is 0. The highest BCUT2D eigenvalue weighted by Crippen LogP contribution is 2.00. The van der Waals surface area contributed by atoms with Crippen molar-refractivity contribution in [2.24, 2.45) is 0 Å². The number of nitro groups is 1. The molecule has 0 aliphatic carbocycles. The zero-order valence-corrected chi connectivity index (χ0v) is 4.98. The van der Waals surface area contributed by atoms with Gasteiger partial charge in [-0.05, 0) is 12.1 Å². The lowest BCUT2D eigenvalue weighted by atomic mass is 10.4. The van der Waals surface area contributed by atoms with Gasteiger partial charge in [-0.1, -0.05) is 0 Å². The van der Waals surface area contributed by atoms with Crippen molar-refractivity contribution in [2.75, 3.05) is 0 Å². The molecular formula is C6H4NO3. The molecule has 0 spiro atoms. The highest BCUT2D eigenvalue weighted by molar-refractivity contribution is 5.37. The van der Waals surface area contributed by atoms with E-state index in [0.717, 1.165) is 0 Å². The van der Waals surface area contributed by atoms with Gasteiger partial charge in [0.1, 0.15) is 5.76 Å². The zero-order chi connectivity index (χ0) is 7.40. The fraction of sp³-hybridized carbons (Fsp3) is 0. The van der Waals surface area contributed by atoms with Gasteiger partial charge < -0.3 is 4.42 Å². The Morgan fingerprint density at radius 1 is 1.80 bits per heavy atom. The summed E-state index contributed by atoms with van der Waals surface area (Å²) in [6.07, 6.45) is 4.46. The van der Waals surface area contributed by atoms with Crippen LogP contribution in [-0.2, 0) is 0 Å². The minimum Gasteiger partial charge on any atom is -0.465 e. The van der Waals surface area contributed by atoms with Crippen LogP contribution in [0.4, 0.5) is 0 Å². The molecule has 0 N–H and O–H groups in total. The van der Waals surface area contributed by atoms with Crippen LogP contribution in [0.5, 0.6) is 0 Å². The van der Waals surface area contributed by atoms with E-state index in [-0.39, 0.29) is 0 Å². The minimum atomic E-state index is -0.664. The standard InChI is InChI=1S/C6H4NO3/c8-7(9)4-3-6-2-1-5-10-6/h1-3,5H. The molecule has 1 radical (unpaired) electrons. The fourth-order valence-electron chi connectivity index (χ4n) is 0.490. The van der Waals surface area contributed by atoms with Crippen LogP contribution in [-0.4, -0.2) is 4.92 Å². The highest BCUT2D eigenvalue weighted by Gasteiger charge is 1.92. The molecule has 0 amide bonds. The van der Waals surface area contributed by atoms with Crippen LogP contribution in [0.3, 0.4) is 0 Å². The molecule has 0 atom stereocenters. The van der Waals surface area contributed by atoms with Crippen molar-refractivity contribution >= 4 is 6.08 Å². The van der Waals surface area contributed by atoms with Crippen molar-refractivity contribution in [1.29, 1.82) is 0 Å². The molecular weight excluding hydrogens is 134 g/mol. The summed E-state index contributed by atoms with van der Waals surface area (Å²) < 4.78 is 4.76. The molecule has 0 bridgehead atoms. The van der Waals surface area contributed by atoms with Crippen LogP contribution in [0.25, 0.3) is 6.08 Å². The first kappa shape index (κ1) is 6.54. The van der Waals surface area contributed by atoms with E-state index in [1.165, 1.54) is 12.3 Å². The lowest BCUT2D eigenvalue weighted by molar-refractivity contribution is -0.417. The third-order valence-corrected chi connectivity index (χ3v) is 0.855. The van der Waals surface area contributed by atoms with Gasteiger partial charge in [0.15, 0.2) is 0 Å². The second-order valence-electron chi connectivity index (χ2n) is 1.55. The smallest absolute Gasteiger partial charge is 0.349 e. The summed E-state index contributed by atoms with van der Waals surface area (Å²) in [5.41, 5.74) is 0. The third-order valence-electron chi connectivity index (χ3n) is 0.855. The predicted molar refractivity (Wildman–Crippen MR) is 33.4 cm³/mol. The SMILES string of the molecule is O=[N+]([O-])/[C]=C/c1ccco1. The van der Waals surface area contributed by atoms with E-state index >= 15 is 0 Å². The Morgan fingerprint density at radius 2 is 2.60 bits per heavy atom. The van der Waals surface area contributed by atoms with Crippen molar-refractivity contribution in [2.45, 2.75) is 0 Å². The van der Waals surface area contributed by atoms with Crippen LogP contribution in [0.15, 0.2) is 22.8 Å². The van der Waals surface area contributed by atoms with Crippen molar-refractivity contribution in [3.8, 4) is 0 Å². The lowest BCUT2D eigenvalue weighted by Gasteiger charge is -1.76. The first-order chi connectivity index (χ1) is 4.79. The van der Waals surface area contributed by atoms with Crippen molar-refractivity contribution in [3.05, 3.63) is 40.5 Å². The van der Waals surface area contributed by atoms with E-state index in [2.05, 4.69) is 0 Å². The Kier molecular flexibility index (Phi) is 1.84. The number of nitrogens with zero attached hydrogens (tertiary/aromatic N) is 1. The molecule has 1 heterocycles. The number of hydrogen-bond donors (Lipinski definition) is 0. The van der Waals surface area contributed by atoms with E-state index in [1.807, 2.05) is 6.20 Å². The molecule has 1 rings (SSSR count). The van der Waals surface area contributed by atoms with Crippen LogP contribution in [0.1, 0.15) is 5.76 Å². The number of hydrogen-bond acceptors (Lipinski definition) is 3. The van der Waals surface area contributed by atoms with Gasteiger partial charge in [-0.25, -0.2) is 0 Å².